The second kappa shape index (κ2) is 9.93. The molecule has 3 aliphatic rings. The number of alkyl carbamates (subject to hydrolysis) is 1. The number of ether oxygens (including phenoxy) is 2. The number of nitrogens with one attached hydrogen (secondary N) is 2. The fourth-order valence-electron chi connectivity index (χ4n) is 4.92. The zero-order valence-corrected chi connectivity index (χ0v) is 20.5. The Kier molecular flexibility index (Phi) is 7.59. The number of rotatable bonds is 7. The van der Waals surface area contributed by atoms with E-state index in [0.717, 1.165) is 25.7 Å². The van der Waals surface area contributed by atoms with Crippen molar-refractivity contribution in [3.8, 4) is 0 Å². The van der Waals surface area contributed by atoms with E-state index < -0.39 is 53.0 Å². The number of esters is 1. The van der Waals surface area contributed by atoms with Gasteiger partial charge in [-0.25, -0.2) is 9.59 Å². The smallest absolute Gasteiger partial charge is 0.408 e. The number of methoxy groups -OCH3 is 1. The van der Waals surface area contributed by atoms with Crippen LogP contribution in [0.4, 0.5) is 4.79 Å². The Labute approximate surface area is 200 Å². The Hall–Kier alpha value is -2.62. The highest BCUT2D eigenvalue weighted by Gasteiger charge is 2.62. The van der Waals surface area contributed by atoms with Gasteiger partial charge in [-0.15, -0.1) is 6.58 Å². The van der Waals surface area contributed by atoms with Gasteiger partial charge in [0, 0.05) is 18.9 Å². The predicted octanol–water partition coefficient (Wildman–Crippen LogP) is 1.27. The topological polar surface area (TPSA) is 134 Å². The molecule has 3 fully saturated rings. The Morgan fingerprint density at radius 2 is 1.85 bits per heavy atom. The molecular formula is C24H37N3O7. The monoisotopic (exact) mass is 479 g/mol. The van der Waals surface area contributed by atoms with Crippen LogP contribution in [0.2, 0.25) is 0 Å². The lowest BCUT2D eigenvalue weighted by Gasteiger charge is -2.35. The number of aliphatic hydroxyl groups is 1. The molecule has 0 aromatic heterocycles. The van der Waals surface area contributed by atoms with Gasteiger partial charge in [0.15, 0.2) is 0 Å². The minimum atomic E-state index is -1.21. The lowest BCUT2D eigenvalue weighted by molar-refractivity contribution is -0.148. The number of aliphatic hydroxyl groups excluding tert-OH is 1. The molecule has 34 heavy (non-hydrogen) atoms. The summed E-state index contributed by atoms with van der Waals surface area (Å²) in [5.74, 6) is -1.89. The van der Waals surface area contributed by atoms with Crippen LogP contribution in [-0.4, -0.2) is 77.4 Å². The average Bonchev–Trinajstić information content (AvgIpc) is 3.07. The summed E-state index contributed by atoms with van der Waals surface area (Å²) < 4.78 is 10.3. The first-order chi connectivity index (χ1) is 15.9. The van der Waals surface area contributed by atoms with Crippen LogP contribution in [0.15, 0.2) is 12.7 Å². The van der Waals surface area contributed by atoms with E-state index in [1.165, 1.54) is 12.0 Å². The number of amides is 3. The number of β-amino-alcohol motifs (C(OH)–C–C–N with tert-alkyl or cyclic N) is 1. The van der Waals surface area contributed by atoms with Crippen molar-refractivity contribution >= 4 is 23.9 Å². The quantitative estimate of drug-likeness (QED) is 0.370. The summed E-state index contributed by atoms with van der Waals surface area (Å²) in [6.45, 7) is 9.05. The Morgan fingerprint density at radius 1 is 1.21 bits per heavy atom. The van der Waals surface area contributed by atoms with Gasteiger partial charge in [0.2, 0.25) is 11.8 Å². The molecule has 0 aromatic carbocycles. The van der Waals surface area contributed by atoms with Gasteiger partial charge in [-0.05, 0) is 37.5 Å². The molecule has 1 heterocycles. The molecule has 2 saturated carbocycles. The summed E-state index contributed by atoms with van der Waals surface area (Å²) in [4.78, 5) is 52.9. The van der Waals surface area contributed by atoms with E-state index in [0.29, 0.717) is 6.42 Å². The van der Waals surface area contributed by atoms with Crippen LogP contribution in [0.3, 0.4) is 0 Å². The fourth-order valence-corrected chi connectivity index (χ4v) is 4.92. The molecule has 0 bridgehead atoms. The van der Waals surface area contributed by atoms with E-state index in [1.54, 1.807) is 26.8 Å². The van der Waals surface area contributed by atoms with Gasteiger partial charge in [0.05, 0.1) is 13.2 Å². The van der Waals surface area contributed by atoms with Crippen molar-refractivity contribution in [2.75, 3.05) is 13.7 Å². The first kappa shape index (κ1) is 26.0. The highest BCUT2D eigenvalue weighted by atomic mass is 16.6. The molecule has 3 rings (SSSR count). The van der Waals surface area contributed by atoms with Crippen molar-refractivity contribution in [1.29, 1.82) is 0 Å². The third-order valence-corrected chi connectivity index (χ3v) is 7.01. The number of hydrogen-bond acceptors (Lipinski definition) is 7. The largest absolute Gasteiger partial charge is 0.467 e. The summed E-state index contributed by atoms with van der Waals surface area (Å²) in [5.41, 5.74) is -1.89. The van der Waals surface area contributed by atoms with Crippen LogP contribution in [0.5, 0.6) is 0 Å². The first-order valence-electron chi connectivity index (χ1n) is 11.9. The molecule has 1 aliphatic heterocycles. The van der Waals surface area contributed by atoms with E-state index in [1.807, 2.05) is 0 Å². The summed E-state index contributed by atoms with van der Waals surface area (Å²) in [6, 6.07) is -1.97. The first-order valence-corrected chi connectivity index (χ1v) is 11.9. The molecule has 0 radical (unpaired) electrons. The number of nitrogens with zero attached hydrogens (tertiary/aromatic N) is 1. The van der Waals surface area contributed by atoms with Crippen LogP contribution < -0.4 is 10.6 Å². The van der Waals surface area contributed by atoms with Crippen molar-refractivity contribution in [2.24, 2.45) is 11.3 Å². The molecule has 3 amide bonds. The summed E-state index contributed by atoms with van der Waals surface area (Å²) in [6.07, 6.45) is 3.84. The van der Waals surface area contributed by atoms with E-state index >= 15 is 0 Å². The van der Waals surface area contributed by atoms with Gasteiger partial charge < -0.3 is 30.1 Å². The molecule has 3 N–H and O–H groups in total. The minimum absolute atomic E-state index is 0.0248. The lowest BCUT2D eigenvalue weighted by Crippen LogP contribution is -2.59. The summed E-state index contributed by atoms with van der Waals surface area (Å²) in [7, 11) is 1.24. The van der Waals surface area contributed by atoms with E-state index in [9.17, 15) is 24.3 Å². The highest BCUT2D eigenvalue weighted by Crippen LogP contribution is 2.45. The number of hydrogen-bond donors (Lipinski definition) is 3. The molecule has 0 spiro atoms. The average molecular weight is 480 g/mol. The Bertz CT molecular complexity index is 833. The maximum Gasteiger partial charge on any atom is 0.408 e. The van der Waals surface area contributed by atoms with Crippen molar-refractivity contribution in [3.63, 3.8) is 0 Å². The molecule has 2 aliphatic carbocycles. The number of carbonyl (C=O) groups excluding carboxylic acids is 4. The SMILES string of the molecule is C=C[C@@H]1C[C@]1(NC(=O)C1C[C@H](O)CN1C(=O)[C@@H](NC(=O)OC1CCCC1)C(C)(C)C)C(=O)OC. The van der Waals surface area contributed by atoms with Crippen molar-refractivity contribution in [1.82, 2.24) is 15.5 Å². The number of likely N-dealkylation sites (tertiary alicyclic amines) is 1. The van der Waals surface area contributed by atoms with Crippen molar-refractivity contribution < 1.29 is 33.8 Å². The van der Waals surface area contributed by atoms with Gasteiger partial charge in [0.25, 0.3) is 0 Å². The normalized spacial score (nSPS) is 29.8. The van der Waals surface area contributed by atoms with Gasteiger partial charge in [-0.1, -0.05) is 26.8 Å². The van der Waals surface area contributed by atoms with Crippen LogP contribution in [0.1, 0.15) is 59.3 Å². The fraction of sp³-hybridized carbons (Fsp3) is 0.750. The third kappa shape index (κ3) is 5.37. The Morgan fingerprint density at radius 3 is 2.38 bits per heavy atom. The van der Waals surface area contributed by atoms with Crippen LogP contribution in [0.25, 0.3) is 0 Å². The minimum Gasteiger partial charge on any atom is -0.467 e. The lowest BCUT2D eigenvalue weighted by atomic mass is 9.85. The third-order valence-electron chi connectivity index (χ3n) is 7.01. The van der Waals surface area contributed by atoms with Crippen LogP contribution >= 0.6 is 0 Å². The highest BCUT2D eigenvalue weighted by molar-refractivity contribution is 5.96. The maximum atomic E-state index is 13.6. The predicted molar refractivity (Wildman–Crippen MR) is 122 cm³/mol. The Balaban J connectivity index is 1.74. The van der Waals surface area contributed by atoms with Gasteiger partial charge in [-0.3, -0.25) is 9.59 Å². The summed E-state index contributed by atoms with van der Waals surface area (Å²) in [5, 5.41) is 15.7. The molecule has 1 unspecified atom stereocenters. The molecule has 5 atom stereocenters. The van der Waals surface area contributed by atoms with Crippen molar-refractivity contribution in [3.05, 3.63) is 12.7 Å². The van der Waals surface area contributed by atoms with E-state index in [4.69, 9.17) is 9.47 Å². The van der Waals surface area contributed by atoms with Crippen LogP contribution in [-0.2, 0) is 23.9 Å². The molecule has 10 heteroatoms. The molecule has 10 nitrogen and oxygen atoms in total. The van der Waals surface area contributed by atoms with E-state index in [-0.39, 0.29) is 25.0 Å². The van der Waals surface area contributed by atoms with E-state index in [2.05, 4.69) is 17.2 Å². The standard InChI is InChI=1S/C24H37N3O7/c1-6-14-12-24(14,21(31)33-5)26-19(29)17-11-15(28)13-27(17)20(30)18(23(2,3)4)25-22(32)34-16-9-7-8-10-16/h6,14-18,28H,1,7-13H2,2-5H3,(H,25,32)(H,26,29)/t14-,15+,17?,18-,24-/m1/s1. The zero-order valence-electron chi connectivity index (χ0n) is 20.5. The molecule has 1 saturated heterocycles. The second-order valence-electron chi connectivity index (χ2n) is 10.6. The van der Waals surface area contributed by atoms with Gasteiger partial charge in [0.1, 0.15) is 23.7 Å². The summed E-state index contributed by atoms with van der Waals surface area (Å²) >= 11 is 0. The van der Waals surface area contributed by atoms with Gasteiger partial charge >= 0.3 is 12.1 Å². The zero-order chi connectivity index (χ0) is 25.3. The van der Waals surface area contributed by atoms with Gasteiger partial charge in [-0.2, -0.15) is 0 Å². The molecular weight excluding hydrogens is 442 g/mol. The second-order valence-corrected chi connectivity index (χ2v) is 10.6. The number of carbonyl (C=O) groups is 4. The molecule has 190 valence electrons. The maximum absolute atomic E-state index is 13.6. The van der Waals surface area contributed by atoms with Crippen molar-refractivity contribution in [2.45, 2.75) is 89.1 Å². The molecule has 0 aromatic rings. The van der Waals surface area contributed by atoms with Crippen LogP contribution in [0, 0.1) is 11.3 Å².